The summed E-state index contributed by atoms with van der Waals surface area (Å²) in [6, 6.07) is 3.60. The Bertz CT molecular complexity index is 457. The number of halogens is 2. The van der Waals surface area contributed by atoms with E-state index in [0.717, 1.165) is 31.7 Å². The van der Waals surface area contributed by atoms with E-state index >= 15 is 0 Å². The SMILES string of the molecule is Fc1ccc(NCC2CCC3(CCCC3)O2)c(F)c1. The van der Waals surface area contributed by atoms with Gasteiger partial charge in [-0.25, -0.2) is 8.78 Å². The third-order valence-electron chi connectivity index (χ3n) is 4.30. The molecule has 1 unspecified atom stereocenters. The van der Waals surface area contributed by atoms with Gasteiger partial charge in [0.2, 0.25) is 0 Å². The first-order valence-electron chi connectivity index (χ1n) is 7.04. The van der Waals surface area contributed by atoms with E-state index in [1.54, 1.807) is 0 Å². The number of hydrogen-bond acceptors (Lipinski definition) is 2. The lowest BCUT2D eigenvalue weighted by Gasteiger charge is -2.24. The lowest BCUT2D eigenvalue weighted by Crippen LogP contribution is -2.28. The molecule has 1 atom stereocenters. The van der Waals surface area contributed by atoms with Crippen LogP contribution in [0.4, 0.5) is 14.5 Å². The normalized spacial score (nSPS) is 25.1. The Morgan fingerprint density at radius 1 is 1.21 bits per heavy atom. The summed E-state index contributed by atoms with van der Waals surface area (Å²) in [4.78, 5) is 0. The summed E-state index contributed by atoms with van der Waals surface area (Å²) in [6.07, 6.45) is 7.12. The molecule has 0 bridgehead atoms. The summed E-state index contributed by atoms with van der Waals surface area (Å²) in [5.74, 6) is -1.10. The fourth-order valence-electron chi connectivity index (χ4n) is 3.28. The average molecular weight is 267 g/mol. The van der Waals surface area contributed by atoms with Crippen molar-refractivity contribution in [2.45, 2.75) is 50.2 Å². The average Bonchev–Trinajstić information content (AvgIpc) is 2.99. The number of benzene rings is 1. The van der Waals surface area contributed by atoms with Gasteiger partial charge in [0, 0.05) is 12.6 Å². The molecular weight excluding hydrogens is 248 g/mol. The zero-order valence-electron chi connectivity index (χ0n) is 10.9. The van der Waals surface area contributed by atoms with Crippen molar-refractivity contribution < 1.29 is 13.5 Å². The van der Waals surface area contributed by atoms with Gasteiger partial charge in [0.1, 0.15) is 11.6 Å². The lowest BCUT2D eigenvalue weighted by atomic mass is 9.98. The molecule has 1 aliphatic heterocycles. The number of hydrogen-bond donors (Lipinski definition) is 1. The Morgan fingerprint density at radius 3 is 2.74 bits per heavy atom. The third kappa shape index (κ3) is 2.73. The number of ether oxygens (including phenoxy) is 1. The zero-order chi connectivity index (χ0) is 13.3. The fraction of sp³-hybridized carbons (Fsp3) is 0.600. The van der Waals surface area contributed by atoms with Gasteiger partial charge in [-0.05, 0) is 37.8 Å². The van der Waals surface area contributed by atoms with Crippen molar-refractivity contribution in [2.75, 3.05) is 11.9 Å². The molecule has 0 radical (unpaired) electrons. The minimum atomic E-state index is -0.551. The second-order valence-corrected chi connectivity index (χ2v) is 5.67. The molecule has 1 aliphatic carbocycles. The maximum absolute atomic E-state index is 13.5. The highest BCUT2D eigenvalue weighted by Crippen LogP contribution is 2.43. The topological polar surface area (TPSA) is 21.3 Å². The summed E-state index contributed by atoms with van der Waals surface area (Å²) in [5, 5.41) is 3.02. The maximum Gasteiger partial charge on any atom is 0.149 e. The van der Waals surface area contributed by atoms with Crippen LogP contribution in [0.25, 0.3) is 0 Å². The second kappa shape index (κ2) is 5.08. The highest BCUT2D eigenvalue weighted by molar-refractivity contribution is 5.44. The van der Waals surface area contributed by atoms with Crippen LogP contribution in [-0.2, 0) is 4.74 Å². The van der Waals surface area contributed by atoms with Gasteiger partial charge in [-0.3, -0.25) is 0 Å². The number of rotatable bonds is 3. The molecule has 0 amide bonds. The minimum Gasteiger partial charge on any atom is -0.380 e. The van der Waals surface area contributed by atoms with E-state index in [1.165, 1.54) is 25.0 Å². The van der Waals surface area contributed by atoms with Crippen LogP contribution < -0.4 is 5.32 Å². The summed E-state index contributed by atoms with van der Waals surface area (Å²) >= 11 is 0. The standard InChI is InChI=1S/C15H19F2NO/c16-11-3-4-14(13(17)9-11)18-10-12-5-8-15(19-12)6-1-2-7-15/h3-4,9,12,18H,1-2,5-8,10H2. The van der Waals surface area contributed by atoms with Crippen LogP contribution in [0.15, 0.2) is 18.2 Å². The van der Waals surface area contributed by atoms with Crippen LogP contribution in [0, 0.1) is 11.6 Å². The van der Waals surface area contributed by atoms with Gasteiger partial charge in [0.05, 0.1) is 17.4 Å². The second-order valence-electron chi connectivity index (χ2n) is 5.67. The lowest BCUT2D eigenvalue weighted by molar-refractivity contribution is -0.0307. The molecule has 1 saturated carbocycles. The molecule has 1 aromatic carbocycles. The van der Waals surface area contributed by atoms with Crippen molar-refractivity contribution in [2.24, 2.45) is 0 Å². The summed E-state index contributed by atoms with van der Waals surface area (Å²) in [7, 11) is 0. The van der Waals surface area contributed by atoms with Gasteiger partial charge >= 0.3 is 0 Å². The Kier molecular flexibility index (Phi) is 3.44. The first-order valence-corrected chi connectivity index (χ1v) is 7.04. The van der Waals surface area contributed by atoms with E-state index in [-0.39, 0.29) is 11.7 Å². The summed E-state index contributed by atoms with van der Waals surface area (Å²) in [5.41, 5.74) is 0.450. The molecular formula is C15H19F2NO. The van der Waals surface area contributed by atoms with Crippen LogP contribution in [0.5, 0.6) is 0 Å². The van der Waals surface area contributed by atoms with Crippen molar-refractivity contribution in [3.05, 3.63) is 29.8 Å². The van der Waals surface area contributed by atoms with Gasteiger partial charge in [-0.1, -0.05) is 12.8 Å². The molecule has 0 aromatic heterocycles. The number of anilines is 1. The largest absolute Gasteiger partial charge is 0.380 e. The molecule has 1 N–H and O–H groups in total. The smallest absolute Gasteiger partial charge is 0.149 e. The van der Waals surface area contributed by atoms with Crippen molar-refractivity contribution in [1.82, 2.24) is 0 Å². The molecule has 1 saturated heterocycles. The van der Waals surface area contributed by atoms with Gasteiger partial charge in [0.15, 0.2) is 0 Å². The Morgan fingerprint density at radius 2 is 2.00 bits per heavy atom. The van der Waals surface area contributed by atoms with Crippen LogP contribution in [0.3, 0.4) is 0 Å². The van der Waals surface area contributed by atoms with Crippen molar-refractivity contribution in [3.63, 3.8) is 0 Å². The molecule has 2 nitrogen and oxygen atoms in total. The van der Waals surface area contributed by atoms with Crippen LogP contribution in [0.2, 0.25) is 0 Å². The molecule has 2 fully saturated rings. The third-order valence-corrected chi connectivity index (χ3v) is 4.30. The quantitative estimate of drug-likeness (QED) is 0.897. The molecule has 4 heteroatoms. The van der Waals surface area contributed by atoms with E-state index in [2.05, 4.69) is 5.32 Å². The fourth-order valence-corrected chi connectivity index (χ4v) is 3.28. The highest BCUT2D eigenvalue weighted by Gasteiger charge is 2.41. The first-order chi connectivity index (χ1) is 9.17. The molecule has 1 aromatic rings. The molecule has 2 aliphatic rings. The summed E-state index contributed by atoms with van der Waals surface area (Å²) < 4.78 is 32.4. The monoisotopic (exact) mass is 267 g/mol. The van der Waals surface area contributed by atoms with Gasteiger partial charge in [-0.15, -0.1) is 0 Å². The van der Waals surface area contributed by atoms with E-state index in [4.69, 9.17) is 4.74 Å². The van der Waals surface area contributed by atoms with Gasteiger partial charge < -0.3 is 10.1 Å². The Hall–Kier alpha value is -1.16. The Labute approximate surface area is 112 Å². The van der Waals surface area contributed by atoms with Gasteiger partial charge in [0.25, 0.3) is 0 Å². The predicted molar refractivity (Wildman–Crippen MR) is 70.2 cm³/mol. The maximum atomic E-state index is 13.5. The minimum absolute atomic E-state index is 0.105. The molecule has 1 spiro atoms. The molecule has 104 valence electrons. The van der Waals surface area contributed by atoms with E-state index in [0.29, 0.717) is 12.2 Å². The molecule has 19 heavy (non-hydrogen) atoms. The van der Waals surface area contributed by atoms with Crippen LogP contribution in [0.1, 0.15) is 38.5 Å². The highest BCUT2D eigenvalue weighted by atomic mass is 19.1. The van der Waals surface area contributed by atoms with Crippen molar-refractivity contribution in [3.8, 4) is 0 Å². The predicted octanol–water partition coefficient (Wildman–Crippen LogP) is 3.87. The van der Waals surface area contributed by atoms with E-state index in [9.17, 15) is 8.78 Å². The number of nitrogens with one attached hydrogen (secondary N) is 1. The van der Waals surface area contributed by atoms with Crippen LogP contribution >= 0.6 is 0 Å². The van der Waals surface area contributed by atoms with Crippen LogP contribution in [-0.4, -0.2) is 18.2 Å². The van der Waals surface area contributed by atoms with E-state index in [1.807, 2.05) is 0 Å². The summed E-state index contributed by atoms with van der Waals surface area (Å²) in [6.45, 7) is 0.588. The van der Waals surface area contributed by atoms with Gasteiger partial charge in [-0.2, -0.15) is 0 Å². The Balaban J connectivity index is 1.55. The van der Waals surface area contributed by atoms with Crippen molar-refractivity contribution >= 4 is 5.69 Å². The molecule has 3 rings (SSSR count). The first kappa shape index (κ1) is 12.9. The molecule has 1 heterocycles. The van der Waals surface area contributed by atoms with E-state index < -0.39 is 11.6 Å². The zero-order valence-corrected chi connectivity index (χ0v) is 10.9. The van der Waals surface area contributed by atoms with Crippen molar-refractivity contribution in [1.29, 1.82) is 0 Å².